The molecule has 1 heterocycles. The molecule has 3 nitrogen and oxygen atoms in total. The van der Waals surface area contributed by atoms with Crippen LogP contribution in [0.1, 0.15) is 0 Å². The van der Waals surface area contributed by atoms with Crippen LogP contribution in [0, 0.1) is 11.8 Å². The maximum atomic E-state index is 8.94. The van der Waals surface area contributed by atoms with Gasteiger partial charge < -0.3 is 15.7 Å². The normalized spacial score (nSPS) is 32.5. The van der Waals surface area contributed by atoms with E-state index in [2.05, 4.69) is 23.3 Å². The number of hydrogen-bond donors (Lipinski definition) is 4. The molecule has 0 radical (unpaired) electrons. The molecule has 0 atom stereocenters. The van der Waals surface area contributed by atoms with E-state index in [-0.39, 0.29) is 6.61 Å². The Bertz CT molecular complexity index is 102. The molecule has 1 saturated heterocycles. The molecule has 0 aromatic heterocycles. The molecule has 0 unspecified atom stereocenters. The van der Waals surface area contributed by atoms with Gasteiger partial charge in [0.2, 0.25) is 0 Å². The first-order valence-electron chi connectivity index (χ1n) is 4.50. The zero-order valence-electron chi connectivity index (χ0n) is 7.29. The number of aliphatic hydroxyl groups excluding tert-OH is 1. The lowest BCUT2D eigenvalue weighted by molar-refractivity contribution is 0.209. The molecule has 1 aliphatic rings. The molecule has 0 bridgehead atoms. The third-order valence-electron chi connectivity index (χ3n) is 2.25. The molecule has 4 heteroatoms. The monoisotopic (exact) mass is 190 g/mol. The Labute approximate surface area is 79.3 Å². The van der Waals surface area contributed by atoms with Gasteiger partial charge in [-0.25, -0.2) is 0 Å². The first-order valence-corrected chi connectivity index (χ1v) is 5.13. The predicted molar refractivity (Wildman–Crippen MR) is 53.7 cm³/mol. The first-order chi connectivity index (χ1) is 5.86. The molecule has 3 N–H and O–H groups in total. The van der Waals surface area contributed by atoms with Crippen molar-refractivity contribution in [1.82, 2.24) is 10.6 Å². The zero-order chi connectivity index (χ0) is 8.81. The van der Waals surface area contributed by atoms with Gasteiger partial charge in [-0.2, -0.15) is 12.6 Å². The summed E-state index contributed by atoms with van der Waals surface area (Å²) in [5.74, 6) is 1.91. The van der Waals surface area contributed by atoms with E-state index < -0.39 is 0 Å². The van der Waals surface area contributed by atoms with E-state index in [0.717, 1.165) is 31.9 Å². The Hall–Kier alpha value is 0.230. The Morgan fingerprint density at radius 1 is 1.08 bits per heavy atom. The third-order valence-corrected chi connectivity index (χ3v) is 2.76. The molecule has 0 aliphatic carbocycles. The second kappa shape index (κ2) is 5.80. The van der Waals surface area contributed by atoms with Crippen LogP contribution < -0.4 is 10.6 Å². The summed E-state index contributed by atoms with van der Waals surface area (Å²) in [5.41, 5.74) is 0. The summed E-state index contributed by atoms with van der Waals surface area (Å²) in [5, 5.41) is 15.6. The van der Waals surface area contributed by atoms with Crippen molar-refractivity contribution < 1.29 is 5.11 Å². The van der Waals surface area contributed by atoms with Crippen LogP contribution in [0.3, 0.4) is 0 Å². The molecule has 0 aromatic rings. The largest absolute Gasteiger partial charge is 0.396 e. The minimum Gasteiger partial charge on any atom is -0.396 e. The van der Waals surface area contributed by atoms with Crippen molar-refractivity contribution >= 4 is 12.6 Å². The number of hydrogen-bond acceptors (Lipinski definition) is 4. The number of rotatable bonds is 2. The van der Waals surface area contributed by atoms with Gasteiger partial charge in [-0.1, -0.05) is 0 Å². The molecule has 0 saturated carbocycles. The third kappa shape index (κ3) is 3.31. The van der Waals surface area contributed by atoms with E-state index in [4.69, 9.17) is 5.11 Å². The number of thiol groups is 1. The van der Waals surface area contributed by atoms with Gasteiger partial charge in [0.1, 0.15) is 0 Å². The quantitative estimate of drug-likeness (QED) is 0.437. The maximum Gasteiger partial charge on any atom is 0.0483 e. The average molecular weight is 190 g/mol. The van der Waals surface area contributed by atoms with Gasteiger partial charge in [0.05, 0.1) is 0 Å². The van der Waals surface area contributed by atoms with Crippen LogP contribution in [0.2, 0.25) is 0 Å². The van der Waals surface area contributed by atoms with Crippen molar-refractivity contribution in [2.24, 2.45) is 11.8 Å². The van der Waals surface area contributed by atoms with Crippen LogP contribution >= 0.6 is 12.6 Å². The lowest BCUT2D eigenvalue weighted by Gasteiger charge is -2.24. The molecule has 1 rings (SSSR count). The van der Waals surface area contributed by atoms with Crippen LogP contribution in [0.15, 0.2) is 0 Å². The second-order valence-corrected chi connectivity index (χ2v) is 3.78. The summed E-state index contributed by atoms with van der Waals surface area (Å²) in [7, 11) is 0. The maximum absolute atomic E-state index is 8.94. The summed E-state index contributed by atoms with van der Waals surface area (Å²) in [6, 6.07) is 0. The fourth-order valence-electron chi connectivity index (χ4n) is 1.39. The molecular weight excluding hydrogens is 172 g/mol. The fourth-order valence-corrected chi connectivity index (χ4v) is 1.64. The Morgan fingerprint density at radius 3 is 2.00 bits per heavy atom. The lowest BCUT2D eigenvalue weighted by atomic mass is 10.1. The lowest BCUT2D eigenvalue weighted by Crippen LogP contribution is -2.43. The molecule has 12 heavy (non-hydrogen) atoms. The van der Waals surface area contributed by atoms with Crippen LogP contribution in [0.5, 0.6) is 0 Å². The second-order valence-electron chi connectivity index (χ2n) is 3.41. The van der Waals surface area contributed by atoms with Crippen molar-refractivity contribution in [3.8, 4) is 0 Å². The highest BCUT2D eigenvalue weighted by Crippen LogP contribution is 2.01. The highest BCUT2D eigenvalue weighted by Gasteiger charge is 2.13. The van der Waals surface area contributed by atoms with Crippen molar-refractivity contribution in [1.29, 1.82) is 0 Å². The van der Waals surface area contributed by atoms with Crippen LogP contribution in [0.4, 0.5) is 0 Å². The van der Waals surface area contributed by atoms with Crippen molar-refractivity contribution in [3.05, 3.63) is 0 Å². The molecule has 1 fully saturated rings. The van der Waals surface area contributed by atoms with Crippen LogP contribution in [-0.2, 0) is 0 Å². The Balaban J connectivity index is 2.24. The van der Waals surface area contributed by atoms with Crippen molar-refractivity contribution in [2.75, 3.05) is 38.5 Å². The summed E-state index contributed by atoms with van der Waals surface area (Å²) in [4.78, 5) is 0. The number of aliphatic hydroxyl groups is 1. The van der Waals surface area contributed by atoms with Gasteiger partial charge in [0.25, 0.3) is 0 Å². The van der Waals surface area contributed by atoms with Gasteiger partial charge in [-0.05, 0) is 24.8 Å². The zero-order valence-corrected chi connectivity index (χ0v) is 8.19. The smallest absolute Gasteiger partial charge is 0.0483 e. The minimum atomic E-state index is 0.269. The van der Waals surface area contributed by atoms with E-state index in [9.17, 15) is 0 Å². The first kappa shape index (κ1) is 10.3. The summed E-state index contributed by atoms with van der Waals surface area (Å²) >= 11 is 4.26. The van der Waals surface area contributed by atoms with Crippen molar-refractivity contribution in [2.45, 2.75) is 0 Å². The SMILES string of the molecule is OCC1CNCC(CS)CNC1. The molecule has 0 spiro atoms. The minimum absolute atomic E-state index is 0.269. The molecule has 1 aliphatic heterocycles. The van der Waals surface area contributed by atoms with Crippen molar-refractivity contribution in [3.63, 3.8) is 0 Å². The highest BCUT2D eigenvalue weighted by atomic mass is 32.1. The summed E-state index contributed by atoms with van der Waals surface area (Å²) in [6.45, 7) is 4.10. The van der Waals surface area contributed by atoms with E-state index in [0.29, 0.717) is 11.8 Å². The molecule has 0 amide bonds. The van der Waals surface area contributed by atoms with E-state index in [1.165, 1.54) is 0 Å². The Kier molecular flexibility index (Phi) is 4.99. The topological polar surface area (TPSA) is 44.3 Å². The van der Waals surface area contributed by atoms with Crippen LogP contribution in [0.25, 0.3) is 0 Å². The summed E-state index contributed by atoms with van der Waals surface area (Å²) < 4.78 is 0. The van der Waals surface area contributed by atoms with Crippen LogP contribution in [-0.4, -0.2) is 43.6 Å². The molecule has 72 valence electrons. The van der Waals surface area contributed by atoms with Gasteiger partial charge in [-0.15, -0.1) is 0 Å². The predicted octanol–water partition coefficient (Wildman–Crippen LogP) is -0.666. The van der Waals surface area contributed by atoms with Gasteiger partial charge in [0, 0.05) is 25.6 Å². The molecular formula is C8H18N2OS. The van der Waals surface area contributed by atoms with Gasteiger partial charge in [0.15, 0.2) is 0 Å². The number of nitrogens with one attached hydrogen (secondary N) is 2. The van der Waals surface area contributed by atoms with E-state index in [1.807, 2.05) is 0 Å². The Morgan fingerprint density at radius 2 is 1.58 bits per heavy atom. The van der Waals surface area contributed by atoms with Gasteiger partial charge >= 0.3 is 0 Å². The van der Waals surface area contributed by atoms with E-state index >= 15 is 0 Å². The van der Waals surface area contributed by atoms with E-state index in [1.54, 1.807) is 0 Å². The van der Waals surface area contributed by atoms with Gasteiger partial charge in [-0.3, -0.25) is 0 Å². The standard InChI is InChI=1S/C8H18N2OS/c11-5-7-1-9-3-8(6-12)4-10-2-7/h7-12H,1-6H2. The highest BCUT2D eigenvalue weighted by molar-refractivity contribution is 7.80. The average Bonchev–Trinajstić information content (AvgIpc) is 2.05. The summed E-state index contributed by atoms with van der Waals surface area (Å²) in [6.07, 6.45) is 0. The molecule has 0 aromatic carbocycles. The fraction of sp³-hybridized carbons (Fsp3) is 1.00.